The lowest BCUT2D eigenvalue weighted by Crippen LogP contribution is -1.92. The van der Waals surface area contributed by atoms with E-state index in [1.165, 1.54) is 6.07 Å². The fourth-order valence-electron chi connectivity index (χ4n) is 0.648. The van der Waals surface area contributed by atoms with E-state index < -0.39 is 11.1 Å². The molecule has 1 heterocycles. The van der Waals surface area contributed by atoms with E-state index in [9.17, 15) is 4.21 Å². The molecule has 0 aliphatic carbocycles. The maximum atomic E-state index is 10.6. The Morgan fingerprint density at radius 3 is 2.82 bits per heavy atom. The van der Waals surface area contributed by atoms with Gasteiger partial charge in [0.05, 0.1) is 0 Å². The van der Waals surface area contributed by atoms with Crippen molar-refractivity contribution in [2.75, 3.05) is 0 Å². The third kappa shape index (κ3) is 1.99. The van der Waals surface area contributed by atoms with Crippen LogP contribution in [0.25, 0.3) is 0 Å². The molecule has 0 aliphatic rings. The molecule has 0 aliphatic heterocycles. The smallest absolute Gasteiger partial charge is 0.189 e. The molecule has 0 bridgehead atoms. The maximum absolute atomic E-state index is 10.6. The van der Waals surface area contributed by atoms with Crippen LogP contribution in [0.5, 0.6) is 0 Å². The first kappa shape index (κ1) is 8.64. The molecule has 5 heteroatoms. The Labute approximate surface area is 71.7 Å². The Morgan fingerprint density at radius 1 is 1.73 bits per heavy atom. The molecule has 0 spiro atoms. The highest BCUT2D eigenvalue weighted by Crippen LogP contribution is 2.16. The van der Waals surface area contributed by atoms with Gasteiger partial charge < -0.3 is 4.55 Å². The quantitative estimate of drug-likeness (QED) is 0.542. The Kier molecular flexibility index (Phi) is 2.59. The molecular weight excluding hydrogens is 186 g/mol. The van der Waals surface area contributed by atoms with Gasteiger partial charge in [-0.3, -0.25) is 0 Å². The van der Waals surface area contributed by atoms with Crippen LogP contribution in [0.1, 0.15) is 5.56 Å². The van der Waals surface area contributed by atoms with Crippen LogP contribution in [0.2, 0.25) is 5.15 Å². The predicted octanol–water partition coefficient (Wildman–Crippen LogP) is 1.62. The lowest BCUT2D eigenvalue weighted by molar-refractivity contribution is 0.564. The number of nitrogens with zero attached hydrogens (tertiary/aromatic N) is 1. The SMILES string of the molecule is Cc1cnc(Cl)c(S(=O)O)c1. The third-order valence-electron chi connectivity index (χ3n) is 1.13. The van der Waals surface area contributed by atoms with E-state index in [2.05, 4.69) is 4.98 Å². The zero-order chi connectivity index (χ0) is 8.43. The molecule has 1 atom stereocenters. The monoisotopic (exact) mass is 191 g/mol. The summed E-state index contributed by atoms with van der Waals surface area (Å²) in [6.07, 6.45) is 1.54. The molecular formula is C6H6ClNO2S. The van der Waals surface area contributed by atoms with Crippen LogP contribution >= 0.6 is 11.6 Å². The second-order valence-corrected chi connectivity index (χ2v) is 3.35. The average Bonchev–Trinajstić information content (AvgIpc) is 1.94. The second kappa shape index (κ2) is 3.30. The average molecular weight is 192 g/mol. The molecule has 0 saturated carbocycles. The van der Waals surface area contributed by atoms with Crippen molar-refractivity contribution in [3.8, 4) is 0 Å². The van der Waals surface area contributed by atoms with Gasteiger partial charge in [-0.25, -0.2) is 9.19 Å². The summed E-state index contributed by atoms with van der Waals surface area (Å²) in [4.78, 5) is 3.87. The summed E-state index contributed by atoms with van der Waals surface area (Å²) in [5, 5.41) is 0.0800. The number of hydrogen-bond donors (Lipinski definition) is 1. The largest absolute Gasteiger partial charge is 0.302 e. The molecule has 1 N–H and O–H groups in total. The summed E-state index contributed by atoms with van der Waals surface area (Å²) in [6, 6.07) is 1.53. The van der Waals surface area contributed by atoms with Gasteiger partial charge in [0, 0.05) is 6.20 Å². The maximum Gasteiger partial charge on any atom is 0.189 e. The highest BCUT2D eigenvalue weighted by Gasteiger charge is 2.06. The number of pyridine rings is 1. The van der Waals surface area contributed by atoms with Gasteiger partial charge in [-0.2, -0.15) is 0 Å². The summed E-state index contributed by atoms with van der Waals surface area (Å²) in [6.45, 7) is 1.78. The first-order valence-corrected chi connectivity index (χ1v) is 4.32. The molecule has 1 aromatic heterocycles. The Balaban J connectivity index is 3.23. The molecule has 0 fully saturated rings. The van der Waals surface area contributed by atoms with Crippen molar-refractivity contribution < 1.29 is 8.76 Å². The van der Waals surface area contributed by atoms with E-state index >= 15 is 0 Å². The summed E-state index contributed by atoms with van der Waals surface area (Å²) in [5.41, 5.74) is 0.812. The van der Waals surface area contributed by atoms with Crippen LogP contribution in [-0.4, -0.2) is 13.7 Å². The van der Waals surface area contributed by atoms with Gasteiger partial charge >= 0.3 is 0 Å². The van der Waals surface area contributed by atoms with Crippen molar-refractivity contribution in [2.45, 2.75) is 11.8 Å². The van der Waals surface area contributed by atoms with Crippen molar-refractivity contribution in [3.63, 3.8) is 0 Å². The molecule has 1 rings (SSSR count). The number of aryl methyl sites for hydroxylation is 1. The summed E-state index contributed by atoms with van der Waals surface area (Å²) < 4.78 is 19.2. The fourth-order valence-corrected chi connectivity index (χ4v) is 1.43. The minimum atomic E-state index is -2.05. The first-order valence-electron chi connectivity index (χ1n) is 2.84. The topological polar surface area (TPSA) is 50.2 Å². The van der Waals surface area contributed by atoms with Crippen LogP contribution in [0.15, 0.2) is 17.2 Å². The van der Waals surface area contributed by atoms with Gasteiger partial charge in [0.15, 0.2) is 11.1 Å². The number of aromatic nitrogens is 1. The first-order chi connectivity index (χ1) is 5.11. The van der Waals surface area contributed by atoms with Gasteiger partial charge in [0.1, 0.15) is 10.0 Å². The Hall–Kier alpha value is -0.450. The zero-order valence-electron chi connectivity index (χ0n) is 5.74. The van der Waals surface area contributed by atoms with Crippen molar-refractivity contribution >= 4 is 22.7 Å². The van der Waals surface area contributed by atoms with Crippen LogP contribution in [-0.2, 0) is 11.1 Å². The van der Waals surface area contributed by atoms with Crippen molar-refractivity contribution in [2.24, 2.45) is 0 Å². The molecule has 0 saturated heterocycles. The molecule has 0 aromatic carbocycles. The van der Waals surface area contributed by atoms with E-state index in [4.69, 9.17) is 16.2 Å². The molecule has 1 unspecified atom stereocenters. The van der Waals surface area contributed by atoms with Gasteiger partial charge in [-0.1, -0.05) is 11.6 Å². The molecule has 3 nitrogen and oxygen atoms in total. The van der Waals surface area contributed by atoms with Crippen molar-refractivity contribution in [1.29, 1.82) is 0 Å². The van der Waals surface area contributed by atoms with E-state index in [0.717, 1.165) is 5.56 Å². The molecule has 11 heavy (non-hydrogen) atoms. The summed E-state index contributed by atoms with van der Waals surface area (Å²) in [7, 11) is 0. The summed E-state index contributed by atoms with van der Waals surface area (Å²) >= 11 is 3.48. The van der Waals surface area contributed by atoms with E-state index in [1.54, 1.807) is 13.1 Å². The lowest BCUT2D eigenvalue weighted by atomic mass is 10.3. The number of halogens is 1. The van der Waals surface area contributed by atoms with Crippen LogP contribution < -0.4 is 0 Å². The summed E-state index contributed by atoms with van der Waals surface area (Å²) in [5.74, 6) is 0. The standard InChI is InChI=1S/C6H6ClNO2S/c1-4-2-5(11(9)10)6(7)8-3-4/h2-3H,1H3,(H,9,10). The zero-order valence-corrected chi connectivity index (χ0v) is 7.32. The second-order valence-electron chi connectivity index (χ2n) is 2.05. The minimum absolute atomic E-state index is 0.0800. The molecule has 0 radical (unpaired) electrons. The van der Waals surface area contributed by atoms with Gasteiger partial charge in [0.2, 0.25) is 0 Å². The van der Waals surface area contributed by atoms with Gasteiger partial charge in [0.25, 0.3) is 0 Å². The minimum Gasteiger partial charge on any atom is -0.302 e. The van der Waals surface area contributed by atoms with Crippen LogP contribution in [0, 0.1) is 6.92 Å². The van der Waals surface area contributed by atoms with Gasteiger partial charge in [-0.05, 0) is 18.6 Å². The Bertz CT molecular complexity index is 303. The molecule has 60 valence electrons. The fraction of sp³-hybridized carbons (Fsp3) is 0.167. The third-order valence-corrected chi connectivity index (χ3v) is 2.23. The molecule has 1 aromatic rings. The number of hydrogen-bond acceptors (Lipinski definition) is 2. The van der Waals surface area contributed by atoms with E-state index in [1.807, 2.05) is 0 Å². The van der Waals surface area contributed by atoms with E-state index in [-0.39, 0.29) is 10.0 Å². The normalized spacial score (nSPS) is 13.0. The van der Waals surface area contributed by atoms with Crippen LogP contribution in [0.3, 0.4) is 0 Å². The Morgan fingerprint density at radius 2 is 2.36 bits per heavy atom. The highest BCUT2D eigenvalue weighted by molar-refractivity contribution is 7.79. The molecule has 0 amide bonds. The van der Waals surface area contributed by atoms with Crippen molar-refractivity contribution in [1.82, 2.24) is 4.98 Å². The van der Waals surface area contributed by atoms with Crippen LogP contribution in [0.4, 0.5) is 0 Å². The van der Waals surface area contributed by atoms with Gasteiger partial charge in [-0.15, -0.1) is 0 Å². The van der Waals surface area contributed by atoms with E-state index in [0.29, 0.717) is 0 Å². The lowest BCUT2D eigenvalue weighted by Gasteiger charge is -1.98. The van der Waals surface area contributed by atoms with Crippen molar-refractivity contribution in [3.05, 3.63) is 23.0 Å². The predicted molar refractivity (Wildman–Crippen MR) is 43.0 cm³/mol. The number of rotatable bonds is 1. The highest BCUT2D eigenvalue weighted by atomic mass is 35.5.